The van der Waals surface area contributed by atoms with E-state index in [9.17, 15) is 14.4 Å². The van der Waals surface area contributed by atoms with Crippen molar-refractivity contribution in [1.29, 1.82) is 0 Å². The van der Waals surface area contributed by atoms with Crippen LogP contribution in [0.25, 0.3) is 11.4 Å². The molecule has 2 rings (SSSR count). The fraction of sp³-hybridized carbons (Fsp3) is 0. The van der Waals surface area contributed by atoms with Crippen molar-refractivity contribution in [2.24, 2.45) is 0 Å². The Labute approximate surface area is 95.4 Å². The summed E-state index contributed by atoms with van der Waals surface area (Å²) in [6, 6.07) is 6.16. The molecule has 0 amide bonds. The molecule has 0 atom stereocenters. The molecule has 0 radical (unpaired) electrons. The molecular weight excluding hydrogens is 227 g/mol. The Balaban J connectivity index is 2.54. The largest absolute Gasteiger partial charge is 0.710 e. The molecule has 0 unspecified atom stereocenters. The van der Waals surface area contributed by atoms with Gasteiger partial charge in [0.15, 0.2) is 0 Å². The van der Waals surface area contributed by atoms with Gasteiger partial charge in [-0.1, -0.05) is 0 Å². The molecule has 1 aromatic carbocycles. The summed E-state index contributed by atoms with van der Waals surface area (Å²) < 4.78 is 13.1. The fourth-order valence-corrected chi connectivity index (χ4v) is 1.32. The zero-order valence-electron chi connectivity index (χ0n) is 8.50. The SMILES string of the molecule is O=C(O)c1cc[n+]([O-])c(-c2ccc(F)cc2)n1. The van der Waals surface area contributed by atoms with Gasteiger partial charge in [0.25, 0.3) is 5.69 Å². The summed E-state index contributed by atoms with van der Waals surface area (Å²) in [5, 5.41) is 20.2. The van der Waals surface area contributed by atoms with E-state index >= 15 is 0 Å². The summed E-state index contributed by atoms with van der Waals surface area (Å²) in [5.74, 6) is -1.75. The van der Waals surface area contributed by atoms with E-state index in [1.165, 1.54) is 24.3 Å². The van der Waals surface area contributed by atoms with Crippen molar-refractivity contribution in [3.8, 4) is 11.4 Å². The number of rotatable bonds is 2. The van der Waals surface area contributed by atoms with Crippen LogP contribution in [0, 0.1) is 11.0 Å². The Morgan fingerprint density at radius 1 is 1.29 bits per heavy atom. The average molecular weight is 234 g/mol. The van der Waals surface area contributed by atoms with Gasteiger partial charge < -0.3 is 10.3 Å². The van der Waals surface area contributed by atoms with E-state index < -0.39 is 11.8 Å². The molecule has 0 aliphatic rings. The highest BCUT2D eigenvalue weighted by Gasteiger charge is 2.17. The van der Waals surface area contributed by atoms with Crippen LogP contribution in [0.15, 0.2) is 36.5 Å². The Morgan fingerprint density at radius 2 is 1.94 bits per heavy atom. The number of aromatic nitrogens is 2. The third-order valence-electron chi connectivity index (χ3n) is 2.12. The van der Waals surface area contributed by atoms with E-state index in [4.69, 9.17) is 5.11 Å². The summed E-state index contributed by atoms with van der Waals surface area (Å²) in [4.78, 5) is 14.4. The zero-order valence-corrected chi connectivity index (χ0v) is 8.50. The Bertz CT molecular complexity index is 569. The predicted molar refractivity (Wildman–Crippen MR) is 55.6 cm³/mol. The molecule has 17 heavy (non-hydrogen) atoms. The van der Waals surface area contributed by atoms with Gasteiger partial charge in [-0.25, -0.2) is 13.9 Å². The number of hydrogen-bond acceptors (Lipinski definition) is 3. The molecule has 0 saturated heterocycles. The van der Waals surface area contributed by atoms with Gasteiger partial charge in [-0.3, -0.25) is 0 Å². The second-order valence-electron chi connectivity index (χ2n) is 3.27. The van der Waals surface area contributed by atoms with E-state index in [0.717, 1.165) is 12.3 Å². The van der Waals surface area contributed by atoms with Gasteiger partial charge in [-0.15, -0.1) is 0 Å². The Morgan fingerprint density at radius 3 is 2.53 bits per heavy atom. The van der Waals surface area contributed by atoms with Crippen LogP contribution in [-0.2, 0) is 0 Å². The topological polar surface area (TPSA) is 77.1 Å². The lowest BCUT2D eigenvalue weighted by atomic mass is 10.2. The minimum Gasteiger partial charge on any atom is -0.710 e. The van der Waals surface area contributed by atoms with E-state index in [2.05, 4.69) is 4.98 Å². The summed E-state index contributed by atoms with van der Waals surface area (Å²) in [6.07, 6.45) is 1.05. The normalized spacial score (nSPS) is 10.2. The second-order valence-corrected chi connectivity index (χ2v) is 3.27. The molecule has 0 bridgehead atoms. The number of halogens is 1. The molecule has 0 fully saturated rings. The molecule has 6 heteroatoms. The smallest absolute Gasteiger partial charge is 0.380 e. The monoisotopic (exact) mass is 234 g/mol. The van der Waals surface area contributed by atoms with Crippen molar-refractivity contribution in [1.82, 2.24) is 4.98 Å². The van der Waals surface area contributed by atoms with E-state index in [1.54, 1.807) is 0 Å². The number of carboxylic acids is 1. The molecular formula is C11H7FN2O3. The lowest BCUT2D eigenvalue weighted by molar-refractivity contribution is -0.596. The molecule has 0 aliphatic heterocycles. The van der Waals surface area contributed by atoms with E-state index in [1.807, 2.05) is 0 Å². The molecule has 86 valence electrons. The van der Waals surface area contributed by atoms with E-state index in [0.29, 0.717) is 10.3 Å². The highest BCUT2D eigenvalue weighted by atomic mass is 19.1. The van der Waals surface area contributed by atoms with Crippen molar-refractivity contribution < 1.29 is 19.0 Å². The van der Waals surface area contributed by atoms with Crippen LogP contribution in [0.2, 0.25) is 0 Å². The van der Waals surface area contributed by atoms with Gasteiger partial charge in [-0.05, 0) is 29.2 Å². The van der Waals surface area contributed by atoms with Crippen molar-refractivity contribution in [2.45, 2.75) is 0 Å². The van der Waals surface area contributed by atoms with Crippen molar-refractivity contribution in [3.63, 3.8) is 0 Å². The van der Waals surface area contributed by atoms with Gasteiger partial charge in [0, 0.05) is 6.07 Å². The van der Waals surface area contributed by atoms with Crippen LogP contribution in [0.3, 0.4) is 0 Å². The minimum atomic E-state index is -1.23. The zero-order chi connectivity index (χ0) is 12.4. The molecule has 5 nitrogen and oxygen atoms in total. The van der Waals surface area contributed by atoms with Crippen molar-refractivity contribution in [3.05, 3.63) is 53.2 Å². The first-order chi connectivity index (χ1) is 8.08. The summed E-state index contributed by atoms with van der Waals surface area (Å²) >= 11 is 0. The highest BCUT2D eigenvalue weighted by Crippen LogP contribution is 2.13. The van der Waals surface area contributed by atoms with Crippen LogP contribution in [0.5, 0.6) is 0 Å². The first-order valence-electron chi connectivity index (χ1n) is 4.67. The van der Waals surface area contributed by atoms with Gasteiger partial charge in [-0.2, -0.15) is 0 Å². The van der Waals surface area contributed by atoms with Crippen molar-refractivity contribution in [2.75, 3.05) is 0 Å². The predicted octanol–water partition coefficient (Wildman–Crippen LogP) is 1.22. The highest BCUT2D eigenvalue weighted by molar-refractivity contribution is 5.85. The average Bonchev–Trinajstić information content (AvgIpc) is 2.31. The summed E-state index contributed by atoms with van der Waals surface area (Å²) in [6.45, 7) is 0. The summed E-state index contributed by atoms with van der Waals surface area (Å²) in [7, 11) is 0. The molecule has 2 aromatic rings. The lowest BCUT2D eigenvalue weighted by Crippen LogP contribution is -2.30. The standard InChI is InChI=1S/C11H7FN2O3/c12-8-3-1-7(2-4-8)10-13-9(11(15)16)5-6-14(10)17/h1-6H,(H,15,16). The number of benzene rings is 1. The molecule has 1 aromatic heterocycles. The molecule has 1 N–H and O–H groups in total. The third kappa shape index (κ3) is 2.20. The maximum Gasteiger partial charge on any atom is 0.380 e. The summed E-state index contributed by atoms with van der Waals surface area (Å²) in [5.41, 5.74) is 0.112. The lowest BCUT2D eigenvalue weighted by Gasteiger charge is -2.05. The van der Waals surface area contributed by atoms with Gasteiger partial charge in [0.2, 0.25) is 0 Å². The maximum atomic E-state index is 12.7. The van der Waals surface area contributed by atoms with Crippen LogP contribution in [0.4, 0.5) is 4.39 Å². The molecule has 1 heterocycles. The van der Waals surface area contributed by atoms with Crippen molar-refractivity contribution >= 4 is 5.97 Å². The van der Waals surface area contributed by atoms with Gasteiger partial charge in [0.1, 0.15) is 5.82 Å². The van der Waals surface area contributed by atoms with E-state index in [-0.39, 0.29) is 11.5 Å². The van der Waals surface area contributed by atoms with Gasteiger partial charge >= 0.3 is 11.8 Å². The van der Waals surface area contributed by atoms with Crippen LogP contribution in [-0.4, -0.2) is 16.1 Å². The minimum absolute atomic E-state index is 0.0788. The number of carboxylic acid groups (broad SMARTS) is 1. The second kappa shape index (κ2) is 4.17. The Hall–Kier alpha value is -2.50. The number of aromatic carboxylic acids is 1. The van der Waals surface area contributed by atoms with Crippen LogP contribution >= 0.6 is 0 Å². The molecule has 0 spiro atoms. The van der Waals surface area contributed by atoms with Crippen LogP contribution in [0.1, 0.15) is 10.5 Å². The fourth-order valence-electron chi connectivity index (χ4n) is 1.32. The number of hydrogen-bond donors (Lipinski definition) is 1. The number of carbonyl (C=O) groups is 1. The first-order valence-corrected chi connectivity index (χ1v) is 4.67. The number of nitrogens with zero attached hydrogens (tertiary/aromatic N) is 2. The molecule has 0 saturated carbocycles. The quantitative estimate of drug-likeness (QED) is 0.626. The first kappa shape index (κ1) is 11.0. The van der Waals surface area contributed by atoms with Crippen LogP contribution < -0.4 is 4.73 Å². The Kier molecular flexibility index (Phi) is 2.70. The maximum absolute atomic E-state index is 12.7. The third-order valence-corrected chi connectivity index (χ3v) is 2.12. The molecule has 0 aliphatic carbocycles. The van der Waals surface area contributed by atoms with Gasteiger partial charge in [0.05, 0.1) is 11.8 Å².